The number of nitrogens with one attached hydrogen (secondary N) is 1. The van der Waals surface area contributed by atoms with E-state index in [1.165, 1.54) is 19.3 Å². The van der Waals surface area contributed by atoms with Crippen molar-refractivity contribution in [1.29, 1.82) is 0 Å². The Hall–Kier alpha value is -2.24. The van der Waals surface area contributed by atoms with E-state index in [0.29, 0.717) is 29.7 Å². The number of carbonyl (C=O) groups is 2. The van der Waals surface area contributed by atoms with Gasteiger partial charge in [-0.05, 0) is 38.0 Å². The number of aromatic nitrogens is 1. The molecule has 3 heterocycles. The molecule has 0 bridgehead atoms. The molecule has 0 unspecified atom stereocenters. The number of rotatable bonds is 3. The second-order valence-electron chi connectivity index (χ2n) is 10.7. The lowest BCUT2D eigenvalue weighted by molar-refractivity contribution is -0.136. The summed E-state index contributed by atoms with van der Waals surface area (Å²) in [4.78, 5) is 29.9. The number of amides is 2. The summed E-state index contributed by atoms with van der Waals surface area (Å²) in [6.45, 7) is 6.99. The first-order valence-corrected chi connectivity index (χ1v) is 12.6. The van der Waals surface area contributed by atoms with Crippen LogP contribution in [-0.2, 0) is 11.3 Å². The molecule has 2 saturated carbocycles. The Morgan fingerprint density at radius 3 is 2.59 bits per heavy atom. The van der Waals surface area contributed by atoms with Crippen molar-refractivity contribution in [3.05, 3.63) is 24.1 Å². The van der Waals surface area contributed by atoms with E-state index in [4.69, 9.17) is 4.42 Å². The van der Waals surface area contributed by atoms with Crippen molar-refractivity contribution in [2.24, 2.45) is 11.8 Å². The number of hydrogen-bond donors (Lipinski definition) is 1. The predicted octanol–water partition coefficient (Wildman–Crippen LogP) is 5.11. The van der Waals surface area contributed by atoms with E-state index < -0.39 is 5.54 Å². The maximum absolute atomic E-state index is 14.0. The molecule has 0 spiro atoms. The number of carbonyl (C=O) groups excluding carboxylic acids is 2. The molecule has 2 fully saturated rings. The molecule has 2 aromatic rings. The Kier molecular flexibility index (Phi) is 5.58. The van der Waals surface area contributed by atoms with Crippen LogP contribution in [0.15, 0.2) is 22.8 Å². The second kappa shape index (κ2) is 8.27. The van der Waals surface area contributed by atoms with Crippen molar-refractivity contribution < 1.29 is 14.0 Å². The van der Waals surface area contributed by atoms with E-state index in [2.05, 4.69) is 19.2 Å². The standard InChI is InChI=1S/C26H37N3O3/c1-17-9-8-12-20(18(17)2)27-25(31)26(3)16-28-21-13-14-32-23(21)15-22(28)24(30)29(26)19-10-6-4-5-7-11-19/h13-15,17-20H,4-12,16H2,1-3H3,(H,27,31)/t17-,18-,20+,26-/m1/s1. The molecule has 6 heteroatoms. The lowest BCUT2D eigenvalue weighted by Gasteiger charge is -2.49. The average molecular weight is 440 g/mol. The third-order valence-corrected chi connectivity index (χ3v) is 8.66. The van der Waals surface area contributed by atoms with Gasteiger partial charge in [0, 0.05) is 24.2 Å². The van der Waals surface area contributed by atoms with Crippen molar-refractivity contribution in [2.45, 2.75) is 103 Å². The van der Waals surface area contributed by atoms with Crippen molar-refractivity contribution in [3.63, 3.8) is 0 Å². The highest BCUT2D eigenvalue weighted by atomic mass is 16.3. The molecule has 2 aliphatic carbocycles. The van der Waals surface area contributed by atoms with Crippen LogP contribution in [0.25, 0.3) is 11.1 Å². The maximum Gasteiger partial charge on any atom is 0.271 e. The van der Waals surface area contributed by atoms with Crippen molar-refractivity contribution in [1.82, 2.24) is 14.8 Å². The highest BCUT2D eigenvalue weighted by Gasteiger charge is 2.51. The van der Waals surface area contributed by atoms with Gasteiger partial charge < -0.3 is 19.2 Å². The van der Waals surface area contributed by atoms with Gasteiger partial charge >= 0.3 is 0 Å². The van der Waals surface area contributed by atoms with Crippen molar-refractivity contribution >= 4 is 22.9 Å². The molecule has 3 aliphatic rings. The van der Waals surface area contributed by atoms with Gasteiger partial charge in [-0.25, -0.2) is 0 Å². The highest BCUT2D eigenvalue weighted by Crippen LogP contribution is 2.38. The third-order valence-electron chi connectivity index (χ3n) is 8.66. The van der Waals surface area contributed by atoms with E-state index in [1.807, 2.05) is 28.5 Å². The van der Waals surface area contributed by atoms with E-state index >= 15 is 0 Å². The zero-order valence-corrected chi connectivity index (χ0v) is 19.7. The van der Waals surface area contributed by atoms with E-state index in [1.54, 1.807) is 6.26 Å². The van der Waals surface area contributed by atoms with Crippen LogP contribution in [0.4, 0.5) is 0 Å². The molecule has 0 aromatic carbocycles. The Morgan fingerprint density at radius 1 is 1.09 bits per heavy atom. The summed E-state index contributed by atoms with van der Waals surface area (Å²) in [5.74, 6) is 1.02. The quantitative estimate of drug-likeness (QED) is 0.676. The first-order chi connectivity index (χ1) is 15.4. The smallest absolute Gasteiger partial charge is 0.271 e. The summed E-state index contributed by atoms with van der Waals surface area (Å²) < 4.78 is 7.60. The highest BCUT2D eigenvalue weighted by molar-refractivity contribution is 6.03. The summed E-state index contributed by atoms with van der Waals surface area (Å²) in [6.07, 6.45) is 11.7. The first kappa shape index (κ1) is 21.6. The first-order valence-electron chi connectivity index (χ1n) is 12.6. The van der Waals surface area contributed by atoms with Crippen LogP contribution < -0.4 is 5.32 Å². The zero-order valence-electron chi connectivity index (χ0n) is 19.7. The average Bonchev–Trinajstić information content (AvgIpc) is 3.25. The van der Waals surface area contributed by atoms with Gasteiger partial charge in [0.25, 0.3) is 5.91 Å². The minimum Gasteiger partial charge on any atom is -0.463 e. The Bertz CT molecular complexity index is 999. The lowest BCUT2D eigenvalue weighted by Crippen LogP contribution is -2.67. The van der Waals surface area contributed by atoms with Crippen LogP contribution >= 0.6 is 0 Å². The number of nitrogens with zero attached hydrogens (tertiary/aromatic N) is 2. The Morgan fingerprint density at radius 2 is 1.84 bits per heavy atom. The SMILES string of the molecule is C[C@@H]1[C@H](C)CCC[C@@H]1NC(=O)[C@@]1(C)Cn2c(cc3occc32)C(=O)N1C1CCCCCC1. The molecule has 0 radical (unpaired) electrons. The molecule has 2 aromatic heterocycles. The van der Waals surface area contributed by atoms with E-state index in [9.17, 15) is 9.59 Å². The van der Waals surface area contributed by atoms with Gasteiger partial charge in [-0.1, -0.05) is 52.4 Å². The Balaban J connectivity index is 1.52. The topological polar surface area (TPSA) is 67.5 Å². The van der Waals surface area contributed by atoms with Crippen LogP contribution in [0.5, 0.6) is 0 Å². The molecule has 0 saturated heterocycles. The summed E-state index contributed by atoms with van der Waals surface area (Å²) >= 11 is 0. The fraction of sp³-hybridized carbons (Fsp3) is 0.692. The molecule has 174 valence electrons. The number of fused-ring (bicyclic) bond motifs is 3. The lowest BCUT2D eigenvalue weighted by atomic mass is 9.77. The summed E-state index contributed by atoms with van der Waals surface area (Å²) in [5, 5.41) is 3.41. The van der Waals surface area contributed by atoms with Crippen LogP contribution in [0.1, 0.15) is 89.0 Å². The molecule has 6 nitrogen and oxygen atoms in total. The normalized spacial score (nSPS) is 32.0. The molecule has 2 amide bonds. The van der Waals surface area contributed by atoms with Crippen molar-refractivity contribution in [2.75, 3.05) is 0 Å². The second-order valence-corrected chi connectivity index (χ2v) is 10.7. The zero-order chi connectivity index (χ0) is 22.5. The van der Waals surface area contributed by atoms with Crippen LogP contribution in [0, 0.1) is 11.8 Å². The van der Waals surface area contributed by atoms with E-state index in [-0.39, 0.29) is 23.9 Å². The summed E-state index contributed by atoms with van der Waals surface area (Å²) in [5.41, 5.74) is 1.34. The van der Waals surface area contributed by atoms with Gasteiger partial charge in [0.2, 0.25) is 5.91 Å². The minimum atomic E-state index is -0.914. The van der Waals surface area contributed by atoms with Crippen LogP contribution in [-0.4, -0.2) is 38.9 Å². The molecule has 32 heavy (non-hydrogen) atoms. The van der Waals surface area contributed by atoms with Gasteiger partial charge in [-0.3, -0.25) is 9.59 Å². The van der Waals surface area contributed by atoms with Gasteiger partial charge in [0.05, 0.1) is 18.3 Å². The van der Waals surface area contributed by atoms with Gasteiger partial charge in [0.15, 0.2) is 5.58 Å². The maximum atomic E-state index is 14.0. The summed E-state index contributed by atoms with van der Waals surface area (Å²) in [7, 11) is 0. The molecular weight excluding hydrogens is 402 g/mol. The molecule has 1 aliphatic heterocycles. The molecule has 5 rings (SSSR count). The minimum absolute atomic E-state index is 0.00274. The molecule has 4 atom stereocenters. The molecule has 1 N–H and O–H groups in total. The van der Waals surface area contributed by atoms with Gasteiger partial charge in [0.1, 0.15) is 11.2 Å². The molecular formula is C26H37N3O3. The Labute approximate surface area is 190 Å². The van der Waals surface area contributed by atoms with E-state index in [0.717, 1.165) is 44.0 Å². The largest absolute Gasteiger partial charge is 0.463 e. The fourth-order valence-electron chi connectivity index (χ4n) is 6.43. The predicted molar refractivity (Wildman–Crippen MR) is 124 cm³/mol. The third kappa shape index (κ3) is 3.46. The van der Waals surface area contributed by atoms with Crippen molar-refractivity contribution in [3.8, 4) is 0 Å². The fourth-order valence-corrected chi connectivity index (χ4v) is 6.43. The van der Waals surface area contributed by atoms with Crippen LogP contribution in [0.2, 0.25) is 0 Å². The van der Waals surface area contributed by atoms with Gasteiger partial charge in [-0.2, -0.15) is 0 Å². The summed E-state index contributed by atoms with van der Waals surface area (Å²) in [6, 6.07) is 4.04. The number of hydrogen-bond acceptors (Lipinski definition) is 3. The number of furan rings is 1. The monoisotopic (exact) mass is 439 g/mol. The van der Waals surface area contributed by atoms with Gasteiger partial charge in [-0.15, -0.1) is 0 Å². The van der Waals surface area contributed by atoms with Crippen LogP contribution in [0.3, 0.4) is 0 Å².